The molecule has 128 valence electrons. The van der Waals surface area contributed by atoms with Gasteiger partial charge in [-0.2, -0.15) is 4.98 Å². The maximum Gasteiger partial charge on any atom is 0.226 e. The number of carbonyl (C=O) groups is 1. The third-order valence-electron chi connectivity index (χ3n) is 4.21. The highest BCUT2D eigenvalue weighted by atomic mass is 16.5. The Bertz CT molecular complexity index is 651. The minimum atomic E-state index is 0.0424. The number of hydrogen-bond donors (Lipinski definition) is 1. The molecule has 2 atom stereocenters. The van der Waals surface area contributed by atoms with Crippen molar-refractivity contribution in [2.75, 3.05) is 6.61 Å². The van der Waals surface area contributed by atoms with E-state index in [0.29, 0.717) is 31.0 Å². The lowest BCUT2D eigenvalue weighted by Crippen LogP contribution is -2.40. The van der Waals surface area contributed by atoms with Gasteiger partial charge in [-0.1, -0.05) is 35.5 Å². The van der Waals surface area contributed by atoms with Crippen LogP contribution in [-0.4, -0.2) is 34.8 Å². The second-order valence-electron chi connectivity index (χ2n) is 6.14. The Labute approximate surface area is 141 Å². The number of benzene rings is 1. The summed E-state index contributed by atoms with van der Waals surface area (Å²) in [5, 5.41) is 6.99. The molecule has 3 rings (SSSR count). The first-order valence-electron chi connectivity index (χ1n) is 8.51. The van der Waals surface area contributed by atoms with Crippen LogP contribution >= 0.6 is 0 Å². The van der Waals surface area contributed by atoms with Crippen molar-refractivity contribution in [2.45, 2.75) is 51.2 Å². The van der Waals surface area contributed by atoms with Crippen molar-refractivity contribution >= 4 is 5.91 Å². The molecule has 1 saturated heterocycles. The molecule has 0 saturated carbocycles. The largest absolute Gasteiger partial charge is 0.376 e. The second kappa shape index (κ2) is 8.06. The van der Waals surface area contributed by atoms with Gasteiger partial charge in [0, 0.05) is 25.0 Å². The molecule has 24 heavy (non-hydrogen) atoms. The van der Waals surface area contributed by atoms with E-state index in [0.717, 1.165) is 25.0 Å². The van der Waals surface area contributed by atoms with Crippen molar-refractivity contribution < 1.29 is 14.1 Å². The minimum absolute atomic E-state index is 0.0424. The summed E-state index contributed by atoms with van der Waals surface area (Å²) < 4.78 is 10.8. The van der Waals surface area contributed by atoms with Gasteiger partial charge in [0.2, 0.25) is 17.6 Å². The Morgan fingerprint density at radius 3 is 2.96 bits per heavy atom. The van der Waals surface area contributed by atoms with Crippen molar-refractivity contribution in [1.82, 2.24) is 15.5 Å². The molecule has 1 aromatic heterocycles. The van der Waals surface area contributed by atoms with Gasteiger partial charge in [-0.3, -0.25) is 4.79 Å². The molecule has 2 aromatic rings. The van der Waals surface area contributed by atoms with Crippen LogP contribution in [0.5, 0.6) is 0 Å². The van der Waals surface area contributed by atoms with E-state index in [9.17, 15) is 4.79 Å². The number of rotatable bonds is 7. The predicted octanol–water partition coefficient (Wildman–Crippen LogP) is 2.74. The fourth-order valence-corrected chi connectivity index (χ4v) is 2.88. The third kappa shape index (κ3) is 4.41. The summed E-state index contributed by atoms with van der Waals surface area (Å²) in [7, 11) is 0. The molecule has 0 unspecified atom stereocenters. The van der Waals surface area contributed by atoms with Crippen LogP contribution in [0.1, 0.15) is 38.5 Å². The summed E-state index contributed by atoms with van der Waals surface area (Å²) in [4.78, 5) is 16.4. The number of aromatic nitrogens is 2. The standard InChI is InChI=1S/C18H23N3O3/c1-13(15-9-6-12-23-15)19-16(22)10-5-11-17-20-18(21-24-17)14-7-3-2-4-8-14/h2-4,7-8,13,15H,5-6,9-12H2,1H3,(H,19,22)/t13-,15+/m1/s1. The van der Waals surface area contributed by atoms with Crippen LogP contribution in [0.4, 0.5) is 0 Å². The van der Waals surface area contributed by atoms with Crippen LogP contribution in [0.25, 0.3) is 11.4 Å². The van der Waals surface area contributed by atoms with E-state index in [1.807, 2.05) is 37.3 Å². The Morgan fingerprint density at radius 1 is 1.38 bits per heavy atom. The molecule has 1 aromatic carbocycles. The van der Waals surface area contributed by atoms with Gasteiger partial charge in [-0.05, 0) is 26.2 Å². The van der Waals surface area contributed by atoms with E-state index in [1.54, 1.807) is 0 Å². The molecule has 0 aliphatic carbocycles. The average molecular weight is 329 g/mol. The molecule has 2 heterocycles. The van der Waals surface area contributed by atoms with Gasteiger partial charge >= 0.3 is 0 Å². The summed E-state index contributed by atoms with van der Waals surface area (Å²) in [6, 6.07) is 9.76. The number of carbonyl (C=O) groups excluding carboxylic acids is 1. The first kappa shape index (κ1) is 16.6. The highest BCUT2D eigenvalue weighted by Crippen LogP contribution is 2.17. The van der Waals surface area contributed by atoms with Gasteiger partial charge in [-0.25, -0.2) is 0 Å². The molecule has 1 N–H and O–H groups in total. The fraction of sp³-hybridized carbons (Fsp3) is 0.500. The van der Waals surface area contributed by atoms with Crippen molar-refractivity contribution in [1.29, 1.82) is 0 Å². The van der Waals surface area contributed by atoms with E-state index in [-0.39, 0.29) is 18.1 Å². The summed E-state index contributed by atoms with van der Waals surface area (Å²) in [6.07, 6.45) is 3.97. The zero-order valence-electron chi connectivity index (χ0n) is 13.9. The number of aryl methyl sites for hydroxylation is 1. The zero-order chi connectivity index (χ0) is 16.8. The molecule has 1 aliphatic rings. The summed E-state index contributed by atoms with van der Waals surface area (Å²) in [6.45, 7) is 2.80. The highest BCUT2D eigenvalue weighted by Gasteiger charge is 2.23. The van der Waals surface area contributed by atoms with Crippen LogP contribution in [0.3, 0.4) is 0 Å². The molecule has 1 fully saturated rings. The van der Waals surface area contributed by atoms with Gasteiger partial charge in [-0.15, -0.1) is 0 Å². The summed E-state index contributed by atoms with van der Waals surface area (Å²) >= 11 is 0. The molecular formula is C18H23N3O3. The van der Waals surface area contributed by atoms with Gasteiger partial charge in [0.1, 0.15) is 0 Å². The van der Waals surface area contributed by atoms with Crippen molar-refractivity contribution in [2.24, 2.45) is 0 Å². The Hall–Kier alpha value is -2.21. The van der Waals surface area contributed by atoms with Crippen molar-refractivity contribution in [3.63, 3.8) is 0 Å². The number of ether oxygens (including phenoxy) is 1. The van der Waals surface area contributed by atoms with Crippen molar-refractivity contribution in [3.8, 4) is 11.4 Å². The highest BCUT2D eigenvalue weighted by molar-refractivity contribution is 5.76. The Balaban J connectivity index is 1.41. The molecule has 0 radical (unpaired) electrons. The molecule has 0 spiro atoms. The topological polar surface area (TPSA) is 77.3 Å². The lowest BCUT2D eigenvalue weighted by molar-refractivity contribution is -0.122. The smallest absolute Gasteiger partial charge is 0.226 e. The Morgan fingerprint density at radius 2 is 2.21 bits per heavy atom. The zero-order valence-corrected chi connectivity index (χ0v) is 13.9. The van der Waals surface area contributed by atoms with Crippen molar-refractivity contribution in [3.05, 3.63) is 36.2 Å². The van der Waals surface area contributed by atoms with Crippen LogP contribution in [0.15, 0.2) is 34.9 Å². The SMILES string of the molecule is C[C@@H](NC(=O)CCCc1nc(-c2ccccc2)no1)[C@@H]1CCCO1. The van der Waals surface area contributed by atoms with Gasteiger partial charge < -0.3 is 14.6 Å². The number of nitrogens with one attached hydrogen (secondary N) is 1. The monoisotopic (exact) mass is 329 g/mol. The van der Waals surface area contributed by atoms with Gasteiger partial charge in [0.05, 0.1) is 12.1 Å². The normalized spacial score (nSPS) is 18.5. The van der Waals surface area contributed by atoms with E-state index >= 15 is 0 Å². The quantitative estimate of drug-likeness (QED) is 0.845. The fourth-order valence-electron chi connectivity index (χ4n) is 2.88. The number of nitrogens with zero attached hydrogens (tertiary/aromatic N) is 2. The third-order valence-corrected chi connectivity index (χ3v) is 4.21. The van der Waals surface area contributed by atoms with E-state index in [4.69, 9.17) is 9.26 Å². The van der Waals surface area contributed by atoms with E-state index < -0.39 is 0 Å². The Kier molecular flexibility index (Phi) is 5.59. The molecular weight excluding hydrogens is 306 g/mol. The van der Waals surface area contributed by atoms with Crippen LogP contribution in [0.2, 0.25) is 0 Å². The van der Waals surface area contributed by atoms with Crippen LogP contribution in [-0.2, 0) is 16.0 Å². The molecule has 1 amide bonds. The molecule has 6 heteroatoms. The molecule has 1 aliphatic heterocycles. The average Bonchev–Trinajstić information content (AvgIpc) is 3.27. The lowest BCUT2D eigenvalue weighted by Gasteiger charge is -2.19. The molecule has 6 nitrogen and oxygen atoms in total. The van der Waals surface area contributed by atoms with Gasteiger partial charge in [0.15, 0.2) is 0 Å². The van der Waals surface area contributed by atoms with Crippen LogP contribution in [0, 0.1) is 0 Å². The van der Waals surface area contributed by atoms with Gasteiger partial charge in [0.25, 0.3) is 0 Å². The van der Waals surface area contributed by atoms with E-state index in [1.165, 1.54) is 0 Å². The number of amides is 1. The molecule has 0 bridgehead atoms. The lowest BCUT2D eigenvalue weighted by atomic mass is 10.1. The summed E-state index contributed by atoms with van der Waals surface area (Å²) in [5.74, 6) is 1.19. The first-order chi connectivity index (χ1) is 11.7. The predicted molar refractivity (Wildman–Crippen MR) is 89.3 cm³/mol. The minimum Gasteiger partial charge on any atom is -0.376 e. The first-order valence-corrected chi connectivity index (χ1v) is 8.51. The van der Waals surface area contributed by atoms with Crippen LogP contribution < -0.4 is 5.32 Å². The number of hydrogen-bond acceptors (Lipinski definition) is 5. The second-order valence-corrected chi connectivity index (χ2v) is 6.14. The summed E-state index contributed by atoms with van der Waals surface area (Å²) in [5.41, 5.74) is 0.927. The maximum absolute atomic E-state index is 12.0. The van der Waals surface area contributed by atoms with E-state index in [2.05, 4.69) is 15.5 Å². The maximum atomic E-state index is 12.0.